The van der Waals surface area contributed by atoms with E-state index in [1.807, 2.05) is 0 Å². The normalized spacial score (nSPS) is 12.5. The van der Waals surface area contributed by atoms with Crippen LogP contribution in [-0.4, -0.2) is 18.0 Å². The first-order valence-corrected chi connectivity index (χ1v) is 4.30. The van der Waals surface area contributed by atoms with E-state index < -0.39 is 12.7 Å². The molecule has 1 aromatic carbocycles. The highest BCUT2D eigenvalue weighted by molar-refractivity contribution is 5.52. The molecule has 82 valence electrons. The summed E-state index contributed by atoms with van der Waals surface area (Å²) in [5.41, 5.74) is 0.185. The second-order valence-electron chi connectivity index (χ2n) is 2.83. The van der Waals surface area contributed by atoms with Crippen LogP contribution in [0.1, 0.15) is 18.1 Å². The summed E-state index contributed by atoms with van der Waals surface area (Å²) in [6.45, 7) is -2.95. The number of carbonyl (C=O) groups excluding carboxylic acids is 1. The zero-order chi connectivity index (χ0) is 11.3. The number of aliphatic hydroxyl groups excluding tert-OH is 1. The summed E-state index contributed by atoms with van der Waals surface area (Å²) in [5.74, 6) is -0.109. The molecular weight excluding hydrogens is 206 g/mol. The predicted molar refractivity (Wildman–Crippen MR) is 48.7 cm³/mol. The standard InChI is InChI=1S/C10H10F2O3/c11-10(12)15-9-4-2-1-3-7(9)8(14)5-6-13/h1-4,6,8,10,14H,5H2. The third-order valence-corrected chi connectivity index (χ3v) is 1.81. The minimum Gasteiger partial charge on any atom is -0.434 e. The van der Waals surface area contributed by atoms with Crippen LogP contribution in [0.5, 0.6) is 5.75 Å². The maximum atomic E-state index is 12.0. The lowest BCUT2D eigenvalue weighted by Gasteiger charge is -2.13. The van der Waals surface area contributed by atoms with Crippen molar-refractivity contribution in [2.45, 2.75) is 19.1 Å². The van der Waals surface area contributed by atoms with E-state index in [9.17, 15) is 18.7 Å². The zero-order valence-electron chi connectivity index (χ0n) is 7.77. The fourth-order valence-corrected chi connectivity index (χ4v) is 1.18. The Morgan fingerprint density at radius 2 is 2.07 bits per heavy atom. The van der Waals surface area contributed by atoms with Crippen molar-refractivity contribution in [3.63, 3.8) is 0 Å². The summed E-state index contributed by atoms with van der Waals surface area (Å²) in [6.07, 6.45) is -0.745. The largest absolute Gasteiger partial charge is 0.434 e. The number of para-hydroxylation sites is 1. The van der Waals surface area contributed by atoms with Crippen LogP contribution in [0.4, 0.5) is 8.78 Å². The van der Waals surface area contributed by atoms with Gasteiger partial charge in [0.25, 0.3) is 0 Å². The Balaban J connectivity index is 2.89. The molecule has 1 N–H and O–H groups in total. The van der Waals surface area contributed by atoms with Crippen molar-refractivity contribution in [1.82, 2.24) is 0 Å². The third-order valence-electron chi connectivity index (χ3n) is 1.81. The fraction of sp³-hybridized carbons (Fsp3) is 0.300. The van der Waals surface area contributed by atoms with Crippen molar-refractivity contribution in [3.8, 4) is 5.75 Å². The predicted octanol–water partition coefficient (Wildman–Crippen LogP) is 1.91. The molecule has 0 aliphatic rings. The number of aliphatic hydroxyl groups is 1. The smallest absolute Gasteiger partial charge is 0.387 e. The van der Waals surface area contributed by atoms with E-state index in [-0.39, 0.29) is 17.7 Å². The van der Waals surface area contributed by atoms with Crippen molar-refractivity contribution >= 4 is 6.29 Å². The number of aldehydes is 1. The van der Waals surface area contributed by atoms with Crippen molar-refractivity contribution in [2.24, 2.45) is 0 Å². The molecule has 0 radical (unpaired) electrons. The van der Waals surface area contributed by atoms with Gasteiger partial charge in [-0.2, -0.15) is 8.78 Å². The molecule has 1 aromatic rings. The lowest BCUT2D eigenvalue weighted by Crippen LogP contribution is -2.07. The van der Waals surface area contributed by atoms with Crippen LogP contribution in [0.15, 0.2) is 24.3 Å². The van der Waals surface area contributed by atoms with Crippen LogP contribution < -0.4 is 4.74 Å². The summed E-state index contributed by atoms with van der Waals surface area (Å²) < 4.78 is 28.2. The SMILES string of the molecule is O=CCC(O)c1ccccc1OC(F)F. The summed E-state index contributed by atoms with van der Waals surface area (Å²) >= 11 is 0. The summed E-state index contributed by atoms with van der Waals surface area (Å²) in [4.78, 5) is 10.2. The van der Waals surface area contributed by atoms with Gasteiger partial charge in [0.2, 0.25) is 0 Å². The Morgan fingerprint density at radius 3 is 2.67 bits per heavy atom. The van der Waals surface area contributed by atoms with Crippen molar-refractivity contribution < 1.29 is 23.4 Å². The van der Waals surface area contributed by atoms with E-state index in [0.29, 0.717) is 6.29 Å². The quantitative estimate of drug-likeness (QED) is 0.765. The molecule has 0 aliphatic heterocycles. The molecule has 0 heterocycles. The Hall–Kier alpha value is -1.49. The average Bonchev–Trinajstić information content (AvgIpc) is 2.18. The topological polar surface area (TPSA) is 46.5 Å². The molecule has 1 atom stereocenters. The van der Waals surface area contributed by atoms with Gasteiger partial charge in [-0.15, -0.1) is 0 Å². The summed E-state index contributed by atoms with van der Waals surface area (Å²) in [7, 11) is 0. The Kier molecular flexibility index (Phi) is 4.17. The van der Waals surface area contributed by atoms with E-state index in [1.165, 1.54) is 18.2 Å². The van der Waals surface area contributed by atoms with E-state index in [0.717, 1.165) is 0 Å². The molecule has 1 rings (SSSR count). The fourth-order valence-electron chi connectivity index (χ4n) is 1.18. The lowest BCUT2D eigenvalue weighted by molar-refractivity contribution is -0.109. The average molecular weight is 216 g/mol. The van der Waals surface area contributed by atoms with Gasteiger partial charge in [0, 0.05) is 12.0 Å². The van der Waals surface area contributed by atoms with Gasteiger partial charge < -0.3 is 14.6 Å². The summed E-state index contributed by atoms with van der Waals surface area (Å²) in [5, 5.41) is 9.46. The molecule has 1 unspecified atom stereocenters. The number of hydrogen-bond donors (Lipinski definition) is 1. The number of hydrogen-bond acceptors (Lipinski definition) is 3. The molecule has 0 saturated carbocycles. The monoisotopic (exact) mass is 216 g/mol. The van der Waals surface area contributed by atoms with Gasteiger partial charge in [-0.05, 0) is 6.07 Å². The van der Waals surface area contributed by atoms with Gasteiger partial charge in [0.15, 0.2) is 0 Å². The Morgan fingerprint density at radius 1 is 1.40 bits per heavy atom. The number of benzene rings is 1. The number of ether oxygens (including phenoxy) is 1. The van der Waals surface area contributed by atoms with E-state index >= 15 is 0 Å². The molecule has 0 spiro atoms. The maximum absolute atomic E-state index is 12.0. The number of alkyl halides is 2. The van der Waals surface area contributed by atoms with Crippen LogP contribution in [0, 0.1) is 0 Å². The third kappa shape index (κ3) is 3.28. The molecule has 0 aromatic heterocycles. The first-order valence-electron chi connectivity index (χ1n) is 4.30. The van der Waals surface area contributed by atoms with Crippen molar-refractivity contribution in [1.29, 1.82) is 0 Å². The Bertz CT molecular complexity index is 328. The highest BCUT2D eigenvalue weighted by Crippen LogP contribution is 2.27. The van der Waals surface area contributed by atoms with Gasteiger partial charge in [-0.25, -0.2) is 0 Å². The number of carbonyl (C=O) groups is 1. The molecule has 3 nitrogen and oxygen atoms in total. The van der Waals surface area contributed by atoms with E-state index in [1.54, 1.807) is 6.07 Å². The second-order valence-corrected chi connectivity index (χ2v) is 2.83. The molecule has 15 heavy (non-hydrogen) atoms. The molecule has 5 heteroatoms. The highest BCUT2D eigenvalue weighted by Gasteiger charge is 2.15. The number of rotatable bonds is 5. The van der Waals surface area contributed by atoms with Crippen LogP contribution in [-0.2, 0) is 4.79 Å². The zero-order valence-corrected chi connectivity index (χ0v) is 7.77. The molecule has 0 aliphatic carbocycles. The van der Waals surface area contributed by atoms with Crippen LogP contribution in [0.25, 0.3) is 0 Å². The molecule has 0 bridgehead atoms. The van der Waals surface area contributed by atoms with Gasteiger partial charge in [0.05, 0.1) is 6.10 Å². The van der Waals surface area contributed by atoms with Crippen molar-refractivity contribution in [3.05, 3.63) is 29.8 Å². The minimum atomic E-state index is -2.95. The first-order chi connectivity index (χ1) is 7.15. The van der Waals surface area contributed by atoms with Gasteiger partial charge in [0.1, 0.15) is 12.0 Å². The highest BCUT2D eigenvalue weighted by atomic mass is 19.3. The minimum absolute atomic E-state index is 0.109. The van der Waals surface area contributed by atoms with Crippen LogP contribution in [0.2, 0.25) is 0 Å². The molecular formula is C10H10F2O3. The van der Waals surface area contributed by atoms with Crippen molar-refractivity contribution in [2.75, 3.05) is 0 Å². The van der Waals surface area contributed by atoms with Gasteiger partial charge in [-0.3, -0.25) is 0 Å². The van der Waals surface area contributed by atoms with E-state index in [4.69, 9.17) is 0 Å². The number of halogens is 2. The van der Waals surface area contributed by atoms with Gasteiger partial charge in [-0.1, -0.05) is 18.2 Å². The summed E-state index contributed by atoms with van der Waals surface area (Å²) in [6, 6.07) is 5.83. The van der Waals surface area contributed by atoms with E-state index in [2.05, 4.69) is 4.74 Å². The van der Waals surface area contributed by atoms with Gasteiger partial charge >= 0.3 is 6.61 Å². The van der Waals surface area contributed by atoms with Crippen LogP contribution >= 0.6 is 0 Å². The molecule has 0 fully saturated rings. The lowest BCUT2D eigenvalue weighted by atomic mass is 10.1. The molecule has 0 amide bonds. The maximum Gasteiger partial charge on any atom is 0.387 e. The first kappa shape index (κ1) is 11.6. The second kappa shape index (κ2) is 5.41. The molecule has 0 saturated heterocycles. The van der Waals surface area contributed by atoms with Crippen LogP contribution in [0.3, 0.4) is 0 Å². The Labute approximate surface area is 85.3 Å².